The SMILES string of the molecule is CCc1ccccc1NC(=O)CN(CCO)C1CCc2ccccc21. The van der Waals surface area contributed by atoms with E-state index in [0.29, 0.717) is 6.54 Å². The molecule has 25 heavy (non-hydrogen) atoms. The molecule has 4 heteroatoms. The van der Waals surface area contributed by atoms with Gasteiger partial charge in [-0.15, -0.1) is 0 Å². The molecule has 0 saturated heterocycles. The predicted octanol–water partition coefficient (Wildman–Crippen LogP) is 3.17. The summed E-state index contributed by atoms with van der Waals surface area (Å²) in [5.74, 6) is -0.0290. The monoisotopic (exact) mass is 338 g/mol. The summed E-state index contributed by atoms with van der Waals surface area (Å²) in [5, 5.41) is 12.5. The van der Waals surface area contributed by atoms with Crippen molar-refractivity contribution in [3.63, 3.8) is 0 Å². The summed E-state index contributed by atoms with van der Waals surface area (Å²) in [5.41, 5.74) is 4.66. The number of rotatable bonds is 7. The number of aliphatic hydroxyl groups is 1. The van der Waals surface area contributed by atoms with E-state index in [0.717, 1.165) is 30.5 Å². The summed E-state index contributed by atoms with van der Waals surface area (Å²) in [6, 6.07) is 16.5. The highest BCUT2D eigenvalue weighted by atomic mass is 16.3. The summed E-state index contributed by atoms with van der Waals surface area (Å²) in [7, 11) is 0. The molecule has 0 aromatic heterocycles. The van der Waals surface area contributed by atoms with Gasteiger partial charge in [-0.25, -0.2) is 0 Å². The lowest BCUT2D eigenvalue weighted by Gasteiger charge is -2.28. The van der Waals surface area contributed by atoms with Gasteiger partial charge in [-0.05, 0) is 42.0 Å². The second kappa shape index (κ2) is 8.28. The van der Waals surface area contributed by atoms with Crippen LogP contribution in [-0.4, -0.2) is 35.6 Å². The van der Waals surface area contributed by atoms with Crippen LogP contribution in [-0.2, 0) is 17.6 Å². The van der Waals surface area contributed by atoms with E-state index in [9.17, 15) is 9.90 Å². The van der Waals surface area contributed by atoms with Crippen molar-refractivity contribution in [2.24, 2.45) is 0 Å². The van der Waals surface area contributed by atoms with Crippen molar-refractivity contribution in [2.45, 2.75) is 32.2 Å². The zero-order valence-corrected chi connectivity index (χ0v) is 14.7. The molecule has 1 unspecified atom stereocenters. The first-order valence-electron chi connectivity index (χ1n) is 9.03. The molecule has 3 rings (SSSR count). The fraction of sp³-hybridized carbons (Fsp3) is 0.381. The fourth-order valence-electron chi connectivity index (χ4n) is 3.71. The average Bonchev–Trinajstić information content (AvgIpc) is 3.06. The maximum Gasteiger partial charge on any atom is 0.238 e. The number of carbonyl (C=O) groups excluding carboxylic acids is 1. The molecule has 1 amide bonds. The summed E-state index contributed by atoms with van der Waals surface area (Å²) in [6.07, 6.45) is 2.91. The van der Waals surface area contributed by atoms with Crippen LogP contribution in [0.4, 0.5) is 5.69 Å². The Morgan fingerprint density at radius 1 is 1.20 bits per heavy atom. The van der Waals surface area contributed by atoms with Crippen molar-refractivity contribution in [1.82, 2.24) is 4.90 Å². The van der Waals surface area contributed by atoms with Crippen LogP contribution in [0.2, 0.25) is 0 Å². The summed E-state index contributed by atoms with van der Waals surface area (Å²) >= 11 is 0. The van der Waals surface area contributed by atoms with Gasteiger partial charge in [0.2, 0.25) is 5.91 Å². The van der Waals surface area contributed by atoms with Crippen molar-refractivity contribution in [2.75, 3.05) is 25.0 Å². The van der Waals surface area contributed by atoms with Gasteiger partial charge in [-0.2, -0.15) is 0 Å². The van der Waals surface area contributed by atoms with Gasteiger partial charge in [0, 0.05) is 18.3 Å². The molecule has 0 fully saturated rings. The highest BCUT2D eigenvalue weighted by molar-refractivity contribution is 5.93. The third-order valence-corrected chi connectivity index (χ3v) is 4.95. The first-order chi connectivity index (χ1) is 12.2. The van der Waals surface area contributed by atoms with Crippen molar-refractivity contribution in [1.29, 1.82) is 0 Å². The maximum absolute atomic E-state index is 12.6. The number of amides is 1. The van der Waals surface area contributed by atoms with E-state index < -0.39 is 0 Å². The molecule has 2 aromatic carbocycles. The first kappa shape index (κ1) is 17.6. The standard InChI is InChI=1S/C21H26N2O2/c1-2-16-7-4-6-10-19(16)22-21(25)15-23(13-14-24)20-12-11-17-8-3-5-9-18(17)20/h3-10,20,24H,2,11-15H2,1H3,(H,22,25). The molecule has 0 spiro atoms. The number of fused-ring (bicyclic) bond motifs is 1. The Labute approximate surface area is 149 Å². The molecule has 2 N–H and O–H groups in total. The molecule has 0 radical (unpaired) electrons. The van der Waals surface area contributed by atoms with Gasteiger partial charge < -0.3 is 10.4 Å². The number of para-hydroxylation sites is 1. The molecule has 0 saturated carbocycles. The number of nitrogens with one attached hydrogen (secondary N) is 1. The van der Waals surface area contributed by atoms with Crippen molar-refractivity contribution < 1.29 is 9.90 Å². The second-order valence-corrected chi connectivity index (χ2v) is 6.51. The number of carbonyl (C=O) groups is 1. The highest BCUT2D eigenvalue weighted by Gasteiger charge is 2.28. The highest BCUT2D eigenvalue weighted by Crippen LogP contribution is 2.35. The summed E-state index contributed by atoms with van der Waals surface area (Å²) < 4.78 is 0. The van der Waals surface area contributed by atoms with Crippen LogP contribution < -0.4 is 5.32 Å². The fourth-order valence-corrected chi connectivity index (χ4v) is 3.71. The molecule has 2 aromatic rings. The van der Waals surface area contributed by atoms with E-state index in [1.165, 1.54) is 11.1 Å². The molecular weight excluding hydrogens is 312 g/mol. The van der Waals surface area contributed by atoms with E-state index in [1.807, 2.05) is 30.3 Å². The number of hydrogen-bond donors (Lipinski definition) is 2. The van der Waals surface area contributed by atoms with E-state index in [1.54, 1.807) is 0 Å². The van der Waals surface area contributed by atoms with Crippen molar-refractivity contribution in [3.8, 4) is 0 Å². The predicted molar refractivity (Wildman–Crippen MR) is 101 cm³/mol. The minimum atomic E-state index is -0.0290. The number of hydrogen-bond acceptors (Lipinski definition) is 3. The Morgan fingerprint density at radius 2 is 1.96 bits per heavy atom. The van der Waals surface area contributed by atoms with Gasteiger partial charge in [0.25, 0.3) is 0 Å². The molecular formula is C21H26N2O2. The van der Waals surface area contributed by atoms with Gasteiger partial charge in [0.1, 0.15) is 0 Å². The van der Waals surface area contributed by atoms with Crippen LogP contribution in [0, 0.1) is 0 Å². The Bertz CT molecular complexity index is 729. The normalized spacial score (nSPS) is 16.0. The van der Waals surface area contributed by atoms with Crippen LogP contribution in [0.25, 0.3) is 0 Å². The van der Waals surface area contributed by atoms with E-state index in [2.05, 4.69) is 35.3 Å². The van der Waals surface area contributed by atoms with E-state index in [-0.39, 0.29) is 25.1 Å². The Balaban J connectivity index is 1.71. The lowest BCUT2D eigenvalue weighted by molar-refractivity contribution is -0.118. The number of benzene rings is 2. The number of nitrogens with zero attached hydrogens (tertiary/aromatic N) is 1. The third kappa shape index (κ3) is 4.09. The van der Waals surface area contributed by atoms with Gasteiger partial charge in [0.15, 0.2) is 0 Å². The van der Waals surface area contributed by atoms with Gasteiger partial charge >= 0.3 is 0 Å². The average molecular weight is 338 g/mol. The van der Waals surface area contributed by atoms with Crippen molar-refractivity contribution in [3.05, 3.63) is 65.2 Å². The maximum atomic E-state index is 12.6. The van der Waals surface area contributed by atoms with Crippen LogP contribution in [0.1, 0.15) is 36.1 Å². The third-order valence-electron chi connectivity index (χ3n) is 4.95. The lowest BCUT2D eigenvalue weighted by Crippen LogP contribution is -2.37. The number of aryl methyl sites for hydroxylation is 2. The smallest absolute Gasteiger partial charge is 0.238 e. The minimum Gasteiger partial charge on any atom is -0.395 e. The number of aliphatic hydroxyl groups excluding tert-OH is 1. The summed E-state index contributed by atoms with van der Waals surface area (Å²) in [4.78, 5) is 14.7. The van der Waals surface area contributed by atoms with Gasteiger partial charge in [-0.1, -0.05) is 49.4 Å². The van der Waals surface area contributed by atoms with Gasteiger partial charge in [-0.3, -0.25) is 9.69 Å². The molecule has 132 valence electrons. The van der Waals surface area contributed by atoms with Crippen LogP contribution in [0.15, 0.2) is 48.5 Å². The van der Waals surface area contributed by atoms with Crippen LogP contribution in [0.3, 0.4) is 0 Å². The second-order valence-electron chi connectivity index (χ2n) is 6.51. The molecule has 0 heterocycles. The lowest BCUT2D eigenvalue weighted by atomic mass is 10.1. The molecule has 1 aliphatic rings. The minimum absolute atomic E-state index is 0.0290. The van der Waals surface area contributed by atoms with Crippen LogP contribution >= 0.6 is 0 Å². The topological polar surface area (TPSA) is 52.6 Å². The van der Waals surface area contributed by atoms with E-state index >= 15 is 0 Å². The first-order valence-corrected chi connectivity index (χ1v) is 9.03. The largest absolute Gasteiger partial charge is 0.395 e. The quantitative estimate of drug-likeness (QED) is 0.815. The zero-order chi connectivity index (χ0) is 17.6. The zero-order valence-electron chi connectivity index (χ0n) is 14.7. The summed E-state index contributed by atoms with van der Waals surface area (Å²) in [6.45, 7) is 2.93. The molecule has 1 atom stereocenters. The number of anilines is 1. The Morgan fingerprint density at radius 3 is 2.76 bits per heavy atom. The van der Waals surface area contributed by atoms with Gasteiger partial charge in [0.05, 0.1) is 13.2 Å². The van der Waals surface area contributed by atoms with Crippen molar-refractivity contribution >= 4 is 11.6 Å². The Hall–Kier alpha value is -2.17. The molecule has 1 aliphatic carbocycles. The van der Waals surface area contributed by atoms with E-state index in [4.69, 9.17) is 0 Å². The molecule has 4 nitrogen and oxygen atoms in total. The molecule has 0 aliphatic heterocycles. The Kier molecular flexibility index (Phi) is 5.84. The molecule has 0 bridgehead atoms. The van der Waals surface area contributed by atoms with Crippen LogP contribution in [0.5, 0.6) is 0 Å².